The van der Waals surface area contributed by atoms with Crippen LogP contribution in [0.3, 0.4) is 0 Å². The minimum atomic E-state index is -4.52. The van der Waals surface area contributed by atoms with Gasteiger partial charge in [0.1, 0.15) is 19.3 Å². The van der Waals surface area contributed by atoms with Gasteiger partial charge in [0.05, 0.1) is 34.4 Å². The Morgan fingerprint density at radius 2 is 0.945 bits per heavy atom. The molecule has 0 aliphatic carbocycles. The summed E-state index contributed by atoms with van der Waals surface area (Å²) >= 11 is 0. The number of hydrogen-bond acceptors (Lipinski definition) is 7. The van der Waals surface area contributed by atoms with Crippen LogP contribution >= 0.6 is 7.82 Å². The maximum Gasteiger partial charge on any atom is 0.306 e. The van der Waals surface area contributed by atoms with Crippen LogP contribution in [0, 0.1) is 0 Å². The van der Waals surface area contributed by atoms with Gasteiger partial charge >= 0.3 is 5.97 Å². The fourth-order valence-corrected chi connectivity index (χ4v) is 7.39. The number of esters is 1. The third-order valence-electron chi connectivity index (χ3n) is 10.3. The van der Waals surface area contributed by atoms with Crippen molar-refractivity contribution >= 4 is 13.8 Å². The second kappa shape index (κ2) is 40.0. The molecule has 9 heteroatoms. The van der Waals surface area contributed by atoms with Crippen molar-refractivity contribution in [1.82, 2.24) is 0 Å². The lowest BCUT2D eigenvalue weighted by atomic mass is 10.0. The van der Waals surface area contributed by atoms with Crippen molar-refractivity contribution in [1.29, 1.82) is 0 Å². The second-order valence-corrected chi connectivity index (χ2v) is 18.5. The number of quaternary nitrogens is 1. The minimum absolute atomic E-state index is 0.0278. The van der Waals surface area contributed by atoms with Crippen LogP contribution in [0.25, 0.3) is 0 Å². The number of carbonyl (C=O) groups is 1. The molecule has 0 aromatic carbocycles. The van der Waals surface area contributed by atoms with Crippen LogP contribution < -0.4 is 4.89 Å². The Labute approximate surface area is 341 Å². The Balaban J connectivity index is 4.12. The molecule has 0 saturated carbocycles. The number of unbranched alkanes of at least 4 members (excludes halogenated alkanes) is 28. The Morgan fingerprint density at radius 1 is 0.545 bits per heavy atom. The number of phosphoric acid groups is 1. The molecule has 0 heterocycles. The van der Waals surface area contributed by atoms with E-state index in [2.05, 4.69) is 26.0 Å². The van der Waals surface area contributed by atoms with Crippen molar-refractivity contribution in [2.45, 2.75) is 225 Å². The SMILES string of the molecule is CCCCCC/C=C\CCCCCCCC(=O)OC(COCCCCCCCCCCCCCCCCCCCCCC)COP(=O)([O-])OCC[N+](C)(C)C. The van der Waals surface area contributed by atoms with Gasteiger partial charge in [0.2, 0.25) is 0 Å². The standard InChI is InChI=1S/C46H92NO7P/c1-6-8-10-12-14-16-18-20-21-22-23-24-25-26-28-30-32-34-36-38-41-51-43-45(44-53-55(49,50)52-42-40-47(3,4)5)54-46(48)39-37-35-33-31-29-27-19-17-15-13-11-9-7-2/h17,19,45H,6-16,18,20-44H2,1-5H3/b19-17-. The fourth-order valence-electron chi connectivity index (χ4n) is 6.66. The van der Waals surface area contributed by atoms with Crippen LogP contribution in [0.1, 0.15) is 219 Å². The van der Waals surface area contributed by atoms with Gasteiger partial charge in [-0.2, -0.15) is 0 Å². The largest absolute Gasteiger partial charge is 0.756 e. The Morgan fingerprint density at radius 3 is 1.40 bits per heavy atom. The molecule has 0 aromatic heterocycles. The van der Waals surface area contributed by atoms with Gasteiger partial charge in [0, 0.05) is 13.0 Å². The molecule has 0 aromatic rings. The van der Waals surface area contributed by atoms with Gasteiger partial charge in [-0.3, -0.25) is 9.36 Å². The normalized spacial score (nSPS) is 13.8. The molecule has 0 aliphatic heterocycles. The molecule has 0 fully saturated rings. The Kier molecular flexibility index (Phi) is 39.5. The van der Waals surface area contributed by atoms with Gasteiger partial charge < -0.3 is 27.9 Å². The van der Waals surface area contributed by atoms with Crippen molar-refractivity contribution in [3.8, 4) is 0 Å². The Bertz CT molecular complexity index is 894. The van der Waals surface area contributed by atoms with Gasteiger partial charge in [-0.25, -0.2) is 0 Å². The zero-order valence-corrected chi connectivity index (χ0v) is 38.0. The molecule has 0 rings (SSSR count). The van der Waals surface area contributed by atoms with Crippen molar-refractivity contribution in [2.24, 2.45) is 0 Å². The molecule has 0 saturated heterocycles. The molecule has 0 aliphatic rings. The van der Waals surface area contributed by atoms with E-state index in [9.17, 15) is 14.3 Å². The summed E-state index contributed by atoms with van der Waals surface area (Å²) in [5, 5.41) is 0. The van der Waals surface area contributed by atoms with Crippen LogP contribution in [-0.4, -0.2) is 70.7 Å². The molecular weight excluding hydrogens is 709 g/mol. The van der Waals surface area contributed by atoms with Crippen molar-refractivity contribution < 1.29 is 37.3 Å². The average molecular weight is 802 g/mol. The van der Waals surface area contributed by atoms with Crippen LogP contribution in [-0.2, 0) is 27.9 Å². The van der Waals surface area contributed by atoms with E-state index in [-0.39, 0.29) is 25.8 Å². The summed E-state index contributed by atoms with van der Waals surface area (Å²) < 4.78 is 34.6. The van der Waals surface area contributed by atoms with E-state index in [1.54, 1.807) is 0 Å². The topological polar surface area (TPSA) is 94.1 Å². The van der Waals surface area contributed by atoms with Crippen LogP contribution in [0.2, 0.25) is 0 Å². The van der Waals surface area contributed by atoms with Crippen LogP contribution in [0.15, 0.2) is 12.2 Å². The first-order chi connectivity index (χ1) is 26.6. The third kappa shape index (κ3) is 44.2. The molecule has 0 radical (unpaired) electrons. The molecule has 8 nitrogen and oxygen atoms in total. The number of rotatable bonds is 44. The molecule has 55 heavy (non-hydrogen) atoms. The Hall–Kier alpha value is -0.760. The summed E-state index contributed by atoms with van der Waals surface area (Å²) in [6, 6.07) is 0. The summed E-state index contributed by atoms with van der Waals surface area (Å²) in [5.74, 6) is -0.339. The van der Waals surface area contributed by atoms with Gasteiger partial charge in [0.25, 0.3) is 7.82 Å². The lowest BCUT2D eigenvalue weighted by molar-refractivity contribution is -0.870. The third-order valence-corrected chi connectivity index (χ3v) is 11.3. The quantitative estimate of drug-likeness (QED) is 0.0199. The molecular formula is C46H92NO7P. The van der Waals surface area contributed by atoms with Crippen LogP contribution in [0.5, 0.6) is 0 Å². The number of allylic oxidation sites excluding steroid dienone is 2. The van der Waals surface area contributed by atoms with Crippen molar-refractivity contribution in [3.05, 3.63) is 12.2 Å². The smallest absolute Gasteiger partial charge is 0.306 e. The lowest BCUT2D eigenvalue weighted by Crippen LogP contribution is -2.37. The van der Waals surface area contributed by atoms with E-state index in [4.69, 9.17) is 18.5 Å². The zero-order chi connectivity index (χ0) is 40.6. The number of carbonyl (C=O) groups excluding carboxylic acids is 1. The first kappa shape index (κ1) is 54.2. The molecule has 0 amide bonds. The van der Waals surface area contributed by atoms with Gasteiger partial charge in [-0.05, 0) is 38.5 Å². The monoisotopic (exact) mass is 802 g/mol. The number of likely N-dealkylation sites (N-methyl/N-ethyl adjacent to an activating group) is 1. The van der Waals surface area contributed by atoms with Crippen LogP contribution in [0.4, 0.5) is 0 Å². The molecule has 2 atom stereocenters. The second-order valence-electron chi connectivity index (χ2n) is 17.1. The predicted octanol–water partition coefficient (Wildman–Crippen LogP) is 13.2. The van der Waals surface area contributed by atoms with Gasteiger partial charge in [-0.15, -0.1) is 0 Å². The highest BCUT2D eigenvalue weighted by Crippen LogP contribution is 2.38. The number of phosphoric ester groups is 1. The number of ether oxygens (including phenoxy) is 2. The first-order valence-electron chi connectivity index (χ1n) is 23.4. The molecule has 0 spiro atoms. The first-order valence-corrected chi connectivity index (χ1v) is 24.9. The predicted molar refractivity (Wildman–Crippen MR) is 231 cm³/mol. The van der Waals surface area contributed by atoms with E-state index < -0.39 is 13.9 Å². The van der Waals surface area contributed by atoms with Gasteiger partial charge in [0.15, 0.2) is 0 Å². The lowest BCUT2D eigenvalue weighted by Gasteiger charge is -2.28. The summed E-state index contributed by atoms with van der Waals surface area (Å²) in [6.45, 7) is 5.43. The number of nitrogens with zero attached hydrogens (tertiary/aromatic N) is 1. The highest BCUT2D eigenvalue weighted by molar-refractivity contribution is 7.45. The van der Waals surface area contributed by atoms with E-state index >= 15 is 0 Å². The molecule has 0 N–H and O–H groups in total. The summed E-state index contributed by atoms with van der Waals surface area (Å²) in [5.41, 5.74) is 0. The summed E-state index contributed by atoms with van der Waals surface area (Å²) in [4.78, 5) is 25.0. The minimum Gasteiger partial charge on any atom is -0.756 e. The van der Waals surface area contributed by atoms with Crippen molar-refractivity contribution in [2.75, 3.05) is 54.1 Å². The molecule has 2 unspecified atom stereocenters. The van der Waals surface area contributed by atoms with Gasteiger partial charge in [-0.1, -0.05) is 187 Å². The zero-order valence-electron chi connectivity index (χ0n) is 37.1. The highest BCUT2D eigenvalue weighted by atomic mass is 31.2. The van der Waals surface area contributed by atoms with Crippen molar-refractivity contribution in [3.63, 3.8) is 0 Å². The van der Waals surface area contributed by atoms with E-state index in [1.165, 1.54) is 154 Å². The summed E-state index contributed by atoms with van der Waals surface area (Å²) in [7, 11) is 1.36. The maximum atomic E-state index is 12.7. The number of hydrogen-bond donors (Lipinski definition) is 0. The molecule has 0 bridgehead atoms. The fraction of sp³-hybridized carbons (Fsp3) is 0.935. The average Bonchev–Trinajstić information content (AvgIpc) is 3.13. The molecule has 328 valence electrons. The summed E-state index contributed by atoms with van der Waals surface area (Å²) in [6.07, 6.45) is 43.7. The maximum absolute atomic E-state index is 12.7. The highest BCUT2D eigenvalue weighted by Gasteiger charge is 2.20. The van der Waals surface area contributed by atoms with E-state index in [0.717, 1.165) is 44.9 Å². The van der Waals surface area contributed by atoms with E-state index in [0.29, 0.717) is 24.1 Å². The van der Waals surface area contributed by atoms with E-state index in [1.807, 2.05) is 21.1 Å².